The van der Waals surface area contributed by atoms with E-state index in [1.54, 1.807) is 18.6 Å². The summed E-state index contributed by atoms with van der Waals surface area (Å²) in [5, 5.41) is 8.16. The average Bonchev–Trinajstić information content (AvgIpc) is 3.26. The SMILES string of the molecule is O=C(CCCc1nc(-c2cccnc2)no1)N1CC(n2cccn2)C1. The molecule has 4 rings (SSSR count). The van der Waals surface area contributed by atoms with E-state index in [9.17, 15) is 4.79 Å². The molecule has 1 saturated heterocycles. The molecule has 0 spiro atoms. The Morgan fingerprint density at radius 2 is 2.20 bits per heavy atom. The normalized spacial score (nSPS) is 14.5. The van der Waals surface area contributed by atoms with E-state index in [0.717, 1.165) is 18.7 Å². The highest BCUT2D eigenvalue weighted by Gasteiger charge is 2.31. The minimum atomic E-state index is 0.162. The molecule has 1 aliphatic rings. The molecule has 0 radical (unpaired) electrons. The standard InChI is InChI=1S/C17H18N6O2/c24-16(22-11-14(12-22)23-9-3-8-19-23)6-1-5-15-20-17(21-25-15)13-4-2-7-18-10-13/h2-4,7-10,14H,1,5-6,11-12H2. The number of carbonyl (C=O) groups excluding carboxylic acids is 1. The fourth-order valence-electron chi connectivity index (χ4n) is 2.84. The monoisotopic (exact) mass is 338 g/mol. The van der Waals surface area contributed by atoms with Crippen molar-refractivity contribution in [3.05, 3.63) is 48.9 Å². The fraction of sp³-hybridized carbons (Fsp3) is 0.353. The van der Waals surface area contributed by atoms with Gasteiger partial charge in [-0.15, -0.1) is 0 Å². The van der Waals surface area contributed by atoms with Crippen LogP contribution in [0, 0.1) is 0 Å². The van der Waals surface area contributed by atoms with Crippen LogP contribution >= 0.6 is 0 Å². The highest BCUT2D eigenvalue weighted by atomic mass is 16.5. The Labute approximate surface area is 144 Å². The van der Waals surface area contributed by atoms with Crippen molar-refractivity contribution in [2.45, 2.75) is 25.3 Å². The summed E-state index contributed by atoms with van der Waals surface area (Å²) >= 11 is 0. The number of pyridine rings is 1. The predicted molar refractivity (Wildman–Crippen MR) is 88.3 cm³/mol. The lowest BCUT2D eigenvalue weighted by Crippen LogP contribution is -2.50. The first-order valence-corrected chi connectivity index (χ1v) is 8.29. The third-order valence-corrected chi connectivity index (χ3v) is 4.28. The number of hydrogen-bond acceptors (Lipinski definition) is 6. The molecule has 25 heavy (non-hydrogen) atoms. The lowest BCUT2D eigenvalue weighted by Gasteiger charge is -2.39. The molecule has 0 aliphatic carbocycles. The van der Waals surface area contributed by atoms with Gasteiger partial charge in [0.15, 0.2) is 0 Å². The Hall–Kier alpha value is -3.03. The van der Waals surface area contributed by atoms with Gasteiger partial charge in [-0.1, -0.05) is 5.16 Å². The van der Waals surface area contributed by atoms with Crippen molar-refractivity contribution < 1.29 is 9.32 Å². The van der Waals surface area contributed by atoms with E-state index >= 15 is 0 Å². The number of amides is 1. The number of likely N-dealkylation sites (tertiary alicyclic amines) is 1. The number of aromatic nitrogens is 5. The highest BCUT2D eigenvalue weighted by molar-refractivity contribution is 5.77. The van der Waals surface area contributed by atoms with Gasteiger partial charge in [-0.2, -0.15) is 10.1 Å². The van der Waals surface area contributed by atoms with E-state index in [1.807, 2.05) is 34.0 Å². The Kier molecular flexibility index (Phi) is 4.24. The summed E-state index contributed by atoms with van der Waals surface area (Å²) in [4.78, 5) is 22.4. The van der Waals surface area contributed by atoms with E-state index < -0.39 is 0 Å². The van der Waals surface area contributed by atoms with Gasteiger partial charge in [0.1, 0.15) is 0 Å². The van der Waals surface area contributed by atoms with E-state index in [0.29, 0.717) is 37.0 Å². The zero-order valence-electron chi connectivity index (χ0n) is 13.7. The van der Waals surface area contributed by atoms with Gasteiger partial charge in [0.2, 0.25) is 17.6 Å². The van der Waals surface area contributed by atoms with Gasteiger partial charge in [0.25, 0.3) is 0 Å². The number of aryl methyl sites for hydroxylation is 1. The smallest absolute Gasteiger partial charge is 0.226 e. The first kappa shape index (κ1) is 15.5. The summed E-state index contributed by atoms with van der Waals surface area (Å²) in [6, 6.07) is 5.91. The number of carbonyl (C=O) groups is 1. The molecule has 3 aromatic rings. The maximum Gasteiger partial charge on any atom is 0.226 e. The fourth-order valence-corrected chi connectivity index (χ4v) is 2.84. The molecule has 4 heterocycles. The van der Waals surface area contributed by atoms with Gasteiger partial charge < -0.3 is 9.42 Å². The topological polar surface area (TPSA) is 89.9 Å². The molecule has 1 aliphatic heterocycles. The quantitative estimate of drug-likeness (QED) is 0.680. The Balaban J connectivity index is 1.22. The van der Waals surface area contributed by atoms with Crippen molar-refractivity contribution in [1.82, 2.24) is 29.8 Å². The summed E-state index contributed by atoms with van der Waals surface area (Å²) in [5.74, 6) is 1.24. The molecule has 0 N–H and O–H groups in total. The molecular weight excluding hydrogens is 320 g/mol. The predicted octanol–water partition coefficient (Wildman–Crippen LogP) is 1.73. The molecule has 3 aromatic heterocycles. The molecule has 0 saturated carbocycles. The zero-order chi connectivity index (χ0) is 17.1. The number of nitrogens with zero attached hydrogens (tertiary/aromatic N) is 6. The maximum atomic E-state index is 12.2. The van der Waals surface area contributed by atoms with Gasteiger partial charge in [0.05, 0.1) is 6.04 Å². The second-order valence-electron chi connectivity index (χ2n) is 6.05. The van der Waals surface area contributed by atoms with E-state index in [4.69, 9.17) is 4.52 Å². The Morgan fingerprint density at radius 3 is 2.96 bits per heavy atom. The van der Waals surface area contributed by atoms with Gasteiger partial charge in [-0.25, -0.2) is 0 Å². The lowest BCUT2D eigenvalue weighted by molar-refractivity contribution is -0.137. The first-order chi connectivity index (χ1) is 12.3. The van der Waals surface area contributed by atoms with E-state index in [2.05, 4.69) is 20.2 Å². The number of hydrogen-bond donors (Lipinski definition) is 0. The van der Waals surface area contributed by atoms with Crippen molar-refractivity contribution in [2.24, 2.45) is 0 Å². The summed E-state index contributed by atoms with van der Waals surface area (Å²) in [6.45, 7) is 1.46. The minimum absolute atomic E-state index is 0.162. The zero-order valence-corrected chi connectivity index (χ0v) is 13.7. The number of rotatable bonds is 6. The molecular formula is C17H18N6O2. The highest BCUT2D eigenvalue weighted by Crippen LogP contribution is 2.21. The van der Waals surface area contributed by atoms with Crippen LogP contribution in [0.5, 0.6) is 0 Å². The van der Waals surface area contributed by atoms with Gasteiger partial charge in [-0.3, -0.25) is 14.5 Å². The summed E-state index contributed by atoms with van der Waals surface area (Å²) in [5.41, 5.74) is 0.818. The van der Waals surface area contributed by atoms with Crippen LogP contribution in [0.4, 0.5) is 0 Å². The van der Waals surface area contributed by atoms with E-state index in [-0.39, 0.29) is 5.91 Å². The van der Waals surface area contributed by atoms with Crippen molar-refractivity contribution in [3.8, 4) is 11.4 Å². The van der Waals surface area contributed by atoms with Gasteiger partial charge in [0, 0.05) is 56.3 Å². The van der Waals surface area contributed by atoms with Crippen LogP contribution in [0.15, 0.2) is 47.5 Å². The van der Waals surface area contributed by atoms with Gasteiger partial charge in [-0.05, 0) is 24.6 Å². The van der Waals surface area contributed by atoms with Crippen LogP contribution in [-0.4, -0.2) is 48.8 Å². The Morgan fingerprint density at radius 1 is 1.28 bits per heavy atom. The van der Waals surface area contributed by atoms with E-state index in [1.165, 1.54) is 0 Å². The average molecular weight is 338 g/mol. The first-order valence-electron chi connectivity index (χ1n) is 8.29. The van der Waals surface area contributed by atoms with Crippen molar-refractivity contribution in [1.29, 1.82) is 0 Å². The Bertz CT molecular complexity index is 824. The van der Waals surface area contributed by atoms with Crippen LogP contribution < -0.4 is 0 Å². The van der Waals surface area contributed by atoms with Crippen molar-refractivity contribution >= 4 is 5.91 Å². The molecule has 0 atom stereocenters. The van der Waals surface area contributed by atoms with Crippen molar-refractivity contribution in [2.75, 3.05) is 13.1 Å². The second-order valence-corrected chi connectivity index (χ2v) is 6.05. The molecule has 8 heteroatoms. The largest absolute Gasteiger partial charge is 0.339 e. The van der Waals surface area contributed by atoms with Crippen LogP contribution in [0.3, 0.4) is 0 Å². The molecule has 128 valence electrons. The summed E-state index contributed by atoms with van der Waals surface area (Å²) < 4.78 is 7.15. The lowest BCUT2D eigenvalue weighted by atomic mass is 10.1. The summed E-state index contributed by atoms with van der Waals surface area (Å²) in [7, 11) is 0. The minimum Gasteiger partial charge on any atom is -0.339 e. The van der Waals surface area contributed by atoms with Gasteiger partial charge >= 0.3 is 0 Å². The van der Waals surface area contributed by atoms with Crippen LogP contribution in [0.25, 0.3) is 11.4 Å². The summed E-state index contributed by atoms with van der Waals surface area (Å²) in [6.07, 6.45) is 8.85. The van der Waals surface area contributed by atoms with Crippen LogP contribution in [-0.2, 0) is 11.2 Å². The van der Waals surface area contributed by atoms with Crippen LogP contribution in [0.2, 0.25) is 0 Å². The third-order valence-electron chi connectivity index (χ3n) is 4.28. The second kappa shape index (κ2) is 6.84. The molecule has 1 fully saturated rings. The maximum absolute atomic E-state index is 12.2. The molecule has 0 bridgehead atoms. The van der Waals surface area contributed by atoms with Crippen LogP contribution in [0.1, 0.15) is 24.8 Å². The molecule has 1 amide bonds. The third kappa shape index (κ3) is 3.42. The molecule has 8 nitrogen and oxygen atoms in total. The molecule has 0 unspecified atom stereocenters. The molecule has 0 aromatic carbocycles. The van der Waals surface area contributed by atoms with Crippen molar-refractivity contribution in [3.63, 3.8) is 0 Å².